The van der Waals surface area contributed by atoms with Crippen LogP contribution in [0, 0.1) is 5.82 Å². The maximum Gasteiger partial charge on any atom is 0.125 e. The summed E-state index contributed by atoms with van der Waals surface area (Å²) in [7, 11) is 0. The summed E-state index contributed by atoms with van der Waals surface area (Å²) >= 11 is 0. The molecule has 3 nitrogen and oxygen atoms in total. The average molecular weight is 254 g/mol. The van der Waals surface area contributed by atoms with Crippen LogP contribution in [0.2, 0.25) is 0 Å². The van der Waals surface area contributed by atoms with Crippen LogP contribution in [0.3, 0.4) is 0 Å². The van der Waals surface area contributed by atoms with E-state index in [1.807, 2.05) is 6.07 Å². The molecule has 1 heterocycles. The highest BCUT2D eigenvalue weighted by molar-refractivity contribution is 5.42. The zero-order valence-corrected chi connectivity index (χ0v) is 11.0. The van der Waals surface area contributed by atoms with Gasteiger partial charge in [-0.15, -0.1) is 0 Å². The molecule has 0 radical (unpaired) electrons. The molecule has 1 fully saturated rings. The molecule has 2 N–H and O–H groups in total. The van der Waals surface area contributed by atoms with E-state index >= 15 is 0 Å². The Morgan fingerprint density at radius 3 is 2.61 bits per heavy atom. The van der Waals surface area contributed by atoms with Gasteiger partial charge in [0.1, 0.15) is 5.82 Å². The van der Waals surface area contributed by atoms with Crippen LogP contribution < -0.4 is 10.6 Å². The maximum absolute atomic E-state index is 12.6. The zero-order valence-electron chi connectivity index (χ0n) is 11.0. The predicted molar refractivity (Wildman–Crippen MR) is 73.5 cm³/mol. The highest BCUT2D eigenvalue weighted by Crippen LogP contribution is 2.08. The first-order valence-electron chi connectivity index (χ1n) is 6.61. The van der Waals surface area contributed by atoms with Crippen molar-refractivity contribution in [2.24, 2.45) is 0 Å². The van der Waals surface area contributed by atoms with E-state index in [9.17, 15) is 4.39 Å². The Morgan fingerprint density at radius 1 is 1.33 bits per heavy atom. The van der Waals surface area contributed by atoms with Crippen LogP contribution in [0.5, 0.6) is 0 Å². The van der Waals surface area contributed by atoms with Crippen LogP contribution in [0.4, 0.5) is 10.1 Å². The maximum atomic E-state index is 12.6. The minimum atomic E-state index is -0.184. The predicted octanol–water partition coefficient (Wildman–Crippen LogP) is 2.64. The summed E-state index contributed by atoms with van der Waals surface area (Å²) in [6, 6.07) is 6.54. The molecule has 0 atom stereocenters. The highest BCUT2D eigenvalue weighted by Gasteiger charge is 1.93. The number of anilines is 1. The lowest BCUT2D eigenvalue weighted by molar-refractivity contribution is 0.109. The molecule has 0 unspecified atom stereocenters. The van der Waals surface area contributed by atoms with E-state index in [1.165, 1.54) is 12.1 Å². The fraction of sp³-hybridized carbons (Fsp3) is 0.571. The van der Waals surface area contributed by atoms with Gasteiger partial charge in [-0.25, -0.2) is 4.39 Å². The van der Waals surface area contributed by atoms with Crippen LogP contribution in [0.1, 0.15) is 19.8 Å². The van der Waals surface area contributed by atoms with E-state index in [4.69, 9.17) is 4.74 Å². The molecule has 0 aromatic heterocycles. The zero-order chi connectivity index (χ0) is 13.1. The third kappa shape index (κ3) is 7.25. The minimum Gasteiger partial charge on any atom is -0.385 e. The van der Waals surface area contributed by atoms with Gasteiger partial charge < -0.3 is 15.4 Å². The quantitative estimate of drug-likeness (QED) is 0.810. The van der Waals surface area contributed by atoms with Crippen molar-refractivity contribution in [2.75, 3.05) is 38.2 Å². The summed E-state index contributed by atoms with van der Waals surface area (Å²) in [6.07, 6.45) is 2.28. The fourth-order valence-corrected chi connectivity index (χ4v) is 1.52. The number of halogens is 1. The molecule has 0 amide bonds. The number of nitrogens with one attached hydrogen (secondary N) is 2. The Morgan fingerprint density at radius 2 is 2.11 bits per heavy atom. The lowest BCUT2D eigenvalue weighted by Crippen LogP contribution is -2.30. The first-order chi connectivity index (χ1) is 8.83. The van der Waals surface area contributed by atoms with E-state index in [2.05, 4.69) is 17.6 Å². The summed E-state index contributed by atoms with van der Waals surface area (Å²) in [5.41, 5.74) is 0.864. The molecule has 1 saturated heterocycles. The van der Waals surface area contributed by atoms with Gasteiger partial charge >= 0.3 is 0 Å². The van der Waals surface area contributed by atoms with Crippen molar-refractivity contribution in [3.8, 4) is 0 Å². The van der Waals surface area contributed by atoms with E-state index in [0.717, 1.165) is 51.4 Å². The Kier molecular flexibility index (Phi) is 8.17. The van der Waals surface area contributed by atoms with Gasteiger partial charge in [-0.1, -0.05) is 19.4 Å². The standard InChI is InChI=1S/C10H14FN.C4H9NO/c1-2-3-7-12-10-6-4-5-9(11)8-10;1-3-6-4-2-5-1/h4-6,8,12H,2-3,7H2,1H3;5H,1-4H2. The van der Waals surface area contributed by atoms with Gasteiger partial charge in [-0.2, -0.15) is 0 Å². The average Bonchev–Trinajstić information content (AvgIpc) is 2.42. The van der Waals surface area contributed by atoms with E-state index < -0.39 is 0 Å². The summed E-state index contributed by atoms with van der Waals surface area (Å²) < 4.78 is 17.6. The third-order valence-corrected chi connectivity index (χ3v) is 2.53. The topological polar surface area (TPSA) is 33.3 Å². The van der Waals surface area contributed by atoms with Crippen LogP contribution in [-0.2, 0) is 4.74 Å². The molecule has 1 aliphatic heterocycles. The molecular formula is C14H23FN2O. The first-order valence-corrected chi connectivity index (χ1v) is 6.61. The van der Waals surface area contributed by atoms with Crippen molar-refractivity contribution in [3.63, 3.8) is 0 Å². The van der Waals surface area contributed by atoms with E-state index in [1.54, 1.807) is 6.07 Å². The minimum absolute atomic E-state index is 0.184. The van der Waals surface area contributed by atoms with Gasteiger partial charge in [0.2, 0.25) is 0 Å². The van der Waals surface area contributed by atoms with Gasteiger partial charge in [0, 0.05) is 25.3 Å². The molecule has 102 valence electrons. The van der Waals surface area contributed by atoms with Crippen LogP contribution in [-0.4, -0.2) is 32.8 Å². The van der Waals surface area contributed by atoms with Crippen molar-refractivity contribution < 1.29 is 9.13 Å². The number of ether oxygens (including phenoxy) is 1. The lowest BCUT2D eigenvalue weighted by Gasteiger charge is -2.10. The number of rotatable bonds is 4. The molecule has 4 heteroatoms. The van der Waals surface area contributed by atoms with Crippen molar-refractivity contribution in [2.45, 2.75) is 19.8 Å². The number of unbranched alkanes of at least 4 members (excludes halogenated alkanes) is 1. The Balaban J connectivity index is 0.000000225. The Labute approximate surface area is 109 Å². The number of benzene rings is 1. The molecule has 0 spiro atoms. The molecule has 1 aromatic rings. The second-order valence-electron chi connectivity index (χ2n) is 4.15. The SMILES string of the molecule is C1COCCN1.CCCCNc1cccc(F)c1. The van der Waals surface area contributed by atoms with Crippen molar-refractivity contribution in [3.05, 3.63) is 30.1 Å². The lowest BCUT2D eigenvalue weighted by atomic mass is 10.3. The fourth-order valence-electron chi connectivity index (χ4n) is 1.52. The largest absolute Gasteiger partial charge is 0.385 e. The van der Waals surface area contributed by atoms with Crippen LogP contribution >= 0.6 is 0 Å². The van der Waals surface area contributed by atoms with Gasteiger partial charge in [0.25, 0.3) is 0 Å². The second kappa shape index (κ2) is 9.85. The molecule has 0 saturated carbocycles. The van der Waals surface area contributed by atoms with E-state index in [-0.39, 0.29) is 5.82 Å². The van der Waals surface area contributed by atoms with Crippen molar-refractivity contribution >= 4 is 5.69 Å². The van der Waals surface area contributed by atoms with E-state index in [0.29, 0.717) is 0 Å². The molecule has 1 aliphatic rings. The third-order valence-electron chi connectivity index (χ3n) is 2.53. The first kappa shape index (κ1) is 14.9. The normalized spacial score (nSPS) is 14.6. The highest BCUT2D eigenvalue weighted by atomic mass is 19.1. The molecule has 0 aliphatic carbocycles. The van der Waals surface area contributed by atoms with Gasteiger partial charge in [-0.3, -0.25) is 0 Å². The summed E-state index contributed by atoms with van der Waals surface area (Å²) in [5, 5.41) is 6.31. The summed E-state index contributed by atoms with van der Waals surface area (Å²) in [6.45, 7) is 6.88. The molecule has 18 heavy (non-hydrogen) atoms. The van der Waals surface area contributed by atoms with Crippen LogP contribution in [0.15, 0.2) is 24.3 Å². The molecule has 1 aromatic carbocycles. The van der Waals surface area contributed by atoms with Gasteiger partial charge in [0.15, 0.2) is 0 Å². The van der Waals surface area contributed by atoms with Crippen molar-refractivity contribution in [1.82, 2.24) is 5.32 Å². The van der Waals surface area contributed by atoms with Crippen LogP contribution in [0.25, 0.3) is 0 Å². The Bertz CT molecular complexity index is 305. The molecular weight excluding hydrogens is 231 g/mol. The second-order valence-corrected chi connectivity index (χ2v) is 4.15. The van der Waals surface area contributed by atoms with Gasteiger partial charge in [0.05, 0.1) is 13.2 Å². The Hall–Kier alpha value is -1.13. The molecule has 2 rings (SSSR count). The monoisotopic (exact) mass is 254 g/mol. The summed E-state index contributed by atoms with van der Waals surface area (Å²) in [4.78, 5) is 0. The number of morpholine rings is 1. The molecule has 0 bridgehead atoms. The van der Waals surface area contributed by atoms with Gasteiger partial charge in [-0.05, 0) is 24.6 Å². The number of hydrogen-bond donors (Lipinski definition) is 2. The summed E-state index contributed by atoms with van der Waals surface area (Å²) in [5.74, 6) is -0.184. The smallest absolute Gasteiger partial charge is 0.125 e. The van der Waals surface area contributed by atoms with Crippen molar-refractivity contribution in [1.29, 1.82) is 0 Å². The number of hydrogen-bond acceptors (Lipinski definition) is 3.